The Morgan fingerprint density at radius 1 is 1.04 bits per heavy atom. The maximum Gasteiger partial charge on any atom is 0.233 e. The first-order valence-corrected chi connectivity index (χ1v) is 10.2. The van der Waals surface area contributed by atoms with Crippen molar-refractivity contribution < 1.29 is 9.32 Å². The van der Waals surface area contributed by atoms with Gasteiger partial charge in [-0.3, -0.25) is 4.79 Å². The minimum Gasteiger partial charge on any atom is -0.338 e. The first-order valence-electron chi connectivity index (χ1n) is 9.41. The topological polar surface area (TPSA) is 55.1 Å². The van der Waals surface area contributed by atoms with Gasteiger partial charge in [-0.15, -0.1) is 0 Å². The number of allylic oxidation sites excluding steroid dienone is 2. The number of hydrogen-bond donors (Lipinski definition) is 1. The van der Waals surface area contributed by atoms with E-state index in [1.807, 2.05) is 37.3 Å². The van der Waals surface area contributed by atoms with Crippen LogP contribution >= 0.6 is 15.9 Å². The van der Waals surface area contributed by atoms with E-state index < -0.39 is 0 Å². The molecule has 2 atom stereocenters. The van der Waals surface area contributed by atoms with Crippen molar-refractivity contribution in [1.82, 2.24) is 5.16 Å². The fourth-order valence-corrected chi connectivity index (χ4v) is 4.69. The molecule has 4 nitrogen and oxygen atoms in total. The van der Waals surface area contributed by atoms with Crippen LogP contribution in [0.5, 0.6) is 0 Å². The molecule has 2 heterocycles. The predicted octanol–water partition coefficient (Wildman–Crippen LogP) is 5.70. The van der Waals surface area contributed by atoms with Gasteiger partial charge < -0.3 is 9.84 Å². The molecule has 0 saturated heterocycles. The summed E-state index contributed by atoms with van der Waals surface area (Å²) in [5.74, 6) is 0.887. The average molecular weight is 435 g/mol. The molecule has 5 rings (SSSR count). The number of benzene rings is 2. The number of rotatable bonds is 2. The smallest absolute Gasteiger partial charge is 0.233 e. The number of Topliss-reactive ketones (excluding diaryl/α,β-unsaturated/α-hetero) is 1. The van der Waals surface area contributed by atoms with Crippen LogP contribution in [0.1, 0.15) is 47.1 Å². The molecule has 1 N–H and O–H groups in total. The third-order valence-corrected chi connectivity index (χ3v) is 6.26. The van der Waals surface area contributed by atoms with Crippen molar-refractivity contribution in [1.29, 1.82) is 0 Å². The van der Waals surface area contributed by atoms with Gasteiger partial charge in [0.2, 0.25) is 5.88 Å². The molecule has 28 heavy (non-hydrogen) atoms. The Hall–Kier alpha value is -2.66. The van der Waals surface area contributed by atoms with Crippen LogP contribution < -0.4 is 5.32 Å². The molecule has 0 bridgehead atoms. The molecule has 2 aliphatic rings. The standard InChI is InChI=1S/C23H19BrN2O2/c1-13-20-21(15-7-9-17(24)10-8-15)22-18(25-23(20)28-26-13)11-16(12-19(22)27)14-5-3-2-4-6-14/h2-10,16,21,25H,11-12H2,1H3/t16-,21+/m1/s1. The fourth-order valence-electron chi connectivity index (χ4n) is 4.42. The average Bonchev–Trinajstić information content (AvgIpc) is 3.08. The van der Waals surface area contributed by atoms with Gasteiger partial charge >= 0.3 is 0 Å². The summed E-state index contributed by atoms with van der Waals surface area (Å²) in [6.07, 6.45) is 1.31. The number of halogens is 1. The van der Waals surface area contributed by atoms with E-state index in [1.165, 1.54) is 5.56 Å². The molecule has 3 aromatic rings. The zero-order chi connectivity index (χ0) is 19.3. The normalized spacial score (nSPS) is 21.1. The number of ketones is 1. The van der Waals surface area contributed by atoms with Gasteiger partial charge in [-0.25, -0.2) is 0 Å². The minimum atomic E-state index is -0.144. The van der Waals surface area contributed by atoms with Gasteiger partial charge in [0, 0.05) is 28.1 Å². The molecule has 0 amide bonds. The van der Waals surface area contributed by atoms with E-state index in [9.17, 15) is 4.79 Å². The van der Waals surface area contributed by atoms with Crippen molar-refractivity contribution in [2.45, 2.75) is 31.6 Å². The molecular formula is C23H19BrN2O2. The van der Waals surface area contributed by atoms with E-state index in [2.05, 4.69) is 50.7 Å². The van der Waals surface area contributed by atoms with Gasteiger partial charge in [0.1, 0.15) is 0 Å². The molecule has 0 radical (unpaired) electrons. The number of aromatic nitrogens is 1. The first kappa shape index (κ1) is 17.4. The van der Waals surface area contributed by atoms with Crippen molar-refractivity contribution in [3.63, 3.8) is 0 Å². The summed E-state index contributed by atoms with van der Waals surface area (Å²) in [7, 11) is 0. The van der Waals surface area contributed by atoms with E-state index in [0.29, 0.717) is 12.3 Å². The minimum absolute atomic E-state index is 0.144. The summed E-state index contributed by atoms with van der Waals surface area (Å²) in [6, 6.07) is 18.4. The second-order valence-electron chi connectivity index (χ2n) is 7.45. The van der Waals surface area contributed by atoms with E-state index >= 15 is 0 Å². The summed E-state index contributed by atoms with van der Waals surface area (Å²) < 4.78 is 6.59. The Morgan fingerprint density at radius 2 is 1.79 bits per heavy atom. The number of anilines is 1. The number of carbonyl (C=O) groups is 1. The predicted molar refractivity (Wildman–Crippen MR) is 111 cm³/mol. The summed E-state index contributed by atoms with van der Waals surface area (Å²) in [6.45, 7) is 1.93. The zero-order valence-corrected chi connectivity index (χ0v) is 17.0. The SMILES string of the molecule is Cc1noc2c1[C@H](c1ccc(Br)cc1)C1=C(C[C@@H](c3ccccc3)CC1=O)N2. The third-order valence-electron chi connectivity index (χ3n) is 5.73. The lowest BCUT2D eigenvalue weighted by Gasteiger charge is -2.34. The van der Waals surface area contributed by atoms with Crippen LogP contribution in [0, 0.1) is 6.92 Å². The monoisotopic (exact) mass is 434 g/mol. The van der Waals surface area contributed by atoms with Crippen LogP contribution in [-0.4, -0.2) is 10.9 Å². The Morgan fingerprint density at radius 3 is 2.54 bits per heavy atom. The number of nitrogens with zero attached hydrogens (tertiary/aromatic N) is 1. The number of hydrogen-bond acceptors (Lipinski definition) is 4. The van der Waals surface area contributed by atoms with Gasteiger partial charge in [-0.2, -0.15) is 0 Å². The molecule has 0 fully saturated rings. The zero-order valence-electron chi connectivity index (χ0n) is 15.4. The van der Waals surface area contributed by atoms with Gasteiger partial charge in [0.15, 0.2) is 5.78 Å². The van der Waals surface area contributed by atoms with E-state index in [1.54, 1.807) is 0 Å². The van der Waals surface area contributed by atoms with Gasteiger partial charge in [-0.1, -0.05) is 63.6 Å². The van der Waals surface area contributed by atoms with Crippen molar-refractivity contribution in [2.24, 2.45) is 0 Å². The van der Waals surface area contributed by atoms with Crippen LogP contribution in [0.3, 0.4) is 0 Å². The van der Waals surface area contributed by atoms with Gasteiger partial charge in [0.05, 0.1) is 11.3 Å². The largest absolute Gasteiger partial charge is 0.338 e. The lowest BCUT2D eigenvalue weighted by molar-refractivity contribution is -0.116. The highest BCUT2D eigenvalue weighted by Crippen LogP contribution is 2.49. The van der Waals surface area contributed by atoms with Crippen molar-refractivity contribution in [2.75, 3.05) is 5.32 Å². The second kappa shape index (κ2) is 6.74. The molecule has 1 aromatic heterocycles. The summed E-state index contributed by atoms with van der Waals surface area (Å²) >= 11 is 3.50. The highest BCUT2D eigenvalue weighted by Gasteiger charge is 2.41. The maximum atomic E-state index is 13.3. The van der Waals surface area contributed by atoms with E-state index in [4.69, 9.17) is 4.52 Å². The Kier molecular flexibility index (Phi) is 4.20. The fraction of sp³-hybridized carbons (Fsp3) is 0.217. The summed E-state index contributed by atoms with van der Waals surface area (Å²) in [4.78, 5) is 13.3. The number of fused-ring (bicyclic) bond motifs is 1. The van der Waals surface area contributed by atoms with Crippen LogP contribution in [0.15, 0.2) is 74.9 Å². The Bertz CT molecular complexity index is 1080. The molecule has 2 aromatic carbocycles. The lowest BCUT2D eigenvalue weighted by atomic mass is 9.72. The molecule has 0 unspecified atom stereocenters. The second-order valence-corrected chi connectivity index (χ2v) is 8.37. The molecule has 0 saturated carbocycles. The van der Waals surface area contributed by atoms with Crippen molar-refractivity contribution >= 4 is 27.6 Å². The van der Waals surface area contributed by atoms with E-state index in [-0.39, 0.29) is 17.6 Å². The summed E-state index contributed by atoms with van der Waals surface area (Å²) in [5.41, 5.74) is 5.88. The molecular weight excluding hydrogens is 416 g/mol. The maximum absolute atomic E-state index is 13.3. The first-order chi connectivity index (χ1) is 13.6. The third kappa shape index (κ3) is 2.81. The number of aryl methyl sites for hydroxylation is 1. The molecule has 5 heteroatoms. The van der Waals surface area contributed by atoms with Gasteiger partial charge in [0.25, 0.3) is 0 Å². The lowest BCUT2D eigenvalue weighted by Crippen LogP contribution is -2.29. The highest BCUT2D eigenvalue weighted by molar-refractivity contribution is 9.10. The number of carbonyl (C=O) groups excluding carboxylic acids is 1. The molecule has 1 aliphatic heterocycles. The Labute approximate surface area is 171 Å². The highest BCUT2D eigenvalue weighted by atomic mass is 79.9. The molecule has 1 aliphatic carbocycles. The van der Waals surface area contributed by atoms with Crippen molar-refractivity contribution in [3.05, 3.63) is 92.7 Å². The van der Waals surface area contributed by atoms with Crippen LogP contribution in [0.4, 0.5) is 5.88 Å². The number of nitrogens with one attached hydrogen (secondary N) is 1. The molecule has 0 spiro atoms. The summed E-state index contributed by atoms with van der Waals surface area (Å²) in [5, 5.41) is 7.55. The van der Waals surface area contributed by atoms with E-state index in [0.717, 1.165) is 39.0 Å². The van der Waals surface area contributed by atoms with Crippen LogP contribution in [0.25, 0.3) is 0 Å². The Balaban J connectivity index is 1.63. The van der Waals surface area contributed by atoms with Crippen LogP contribution in [-0.2, 0) is 4.79 Å². The molecule has 140 valence electrons. The van der Waals surface area contributed by atoms with Crippen LogP contribution in [0.2, 0.25) is 0 Å². The van der Waals surface area contributed by atoms with Crippen molar-refractivity contribution in [3.8, 4) is 0 Å². The quantitative estimate of drug-likeness (QED) is 0.561. The van der Waals surface area contributed by atoms with Gasteiger partial charge in [-0.05, 0) is 42.5 Å².